The van der Waals surface area contributed by atoms with Crippen LogP contribution < -0.4 is 5.32 Å². The number of hydrogen-bond acceptors (Lipinski definition) is 5. The molecule has 0 aliphatic carbocycles. The normalized spacial score (nSPS) is 16.3. The van der Waals surface area contributed by atoms with Crippen molar-refractivity contribution in [2.24, 2.45) is 0 Å². The Kier molecular flexibility index (Phi) is 6.32. The van der Waals surface area contributed by atoms with Gasteiger partial charge in [0.05, 0.1) is 9.82 Å². The lowest BCUT2D eigenvalue weighted by Crippen LogP contribution is -2.42. The van der Waals surface area contributed by atoms with E-state index in [1.807, 2.05) is 6.92 Å². The van der Waals surface area contributed by atoms with Crippen LogP contribution in [0.2, 0.25) is 0 Å². The summed E-state index contributed by atoms with van der Waals surface area (Å²) in [6, 6.07) is 4.82. The number of nitro groups is 1. The molecule has 2 rings (SSSR count). The minimum atomic E-state index is -3.84. The van der Waals surface area contributed by atoms with Gasteiger partial charge in [-0.1, -0.05) is 13.0 Å². The molecule has 25 heavy (non-hydrogen) atoms. The highest BCUT2D eigenvalue weighted by molar-refractivity contribution is 7.89. The van der Waals surface area contributed by atoms with Crippen LogP contribution in [0.1, 0.15) is 19.8 Å². The number of rotatable bonds is 5. The zero-order valence-electron chi connectivity index (χ0n) is 14.1. The second-order valence-electron chi connectivity index (χ2n) is 5.73. The van der Waals surface area contributed by atoms with Crippen molar-refractivity contribution in [3.05, 3.63) is 34.4 Å². The van der Waals surface area contributed by atoms with E-state index in [1.165, 1.54) is 22.5 Å². The zero-order chi connectivity index (χ0) is 18.4. The van der Waals surface area contributed by atoms with Gasteiger partial charge in [0.15, 0.2) is 0 Å². The van der Waals surface area contributed by atoms with E-state index >= 15 is 0 Å². The molecule has 0 saturated carbocycles. The number of carbonyl (C=O) groups is 1. The first-order valence-electron chi connectivity index (χ1n) is 8.13. The van der Waals surface area contributed by atoms with Crippen molar-refractivity contribution in [3.63, 3.8) is 0 Å². The molecule has 1 aromatic rings. The molecule has 1 saturated heterocycles. The Hall–Kier alpha value is -2.20. The zero-order valence-corrected chi connectivity index (χ0v) is 14.9. The number of nitro benzene ring substituents is 1. The number of amides is 2. The van der Waals surface area contributed by atoms with Gasteiger partial charge in [0.2, 0.25) is 10.0 Å². The molecule has 0 spiro atoms. The number of hydrogen-bond donors (Lipinski definition) is 1. The first-order chi connectivity index (χ1) is 11.9. The number of benzene rings is 1. The fraction of sp³-hybridized carbons (Fsp3) is 0.533. The molecular formula is C15H22N4O5S. The van der Waals surface area contributed by atoms with E-state index in [1.54, 1.807) is 4.90 Å². The molecule has 1 fully saturated rings. The summed E-state index contributed by atoms with van der Waals surface area (Å²) in [4.78, 5) is 23.8. The largest absolute Gasteiger partial charge is 0.338 e. The van der Waals surface area contributed by atoms with Crippen molar-refractivity contribution in [2.45, 2.75) is 24.7 Å². The summed E-state index contributed by atoms with van der Waals surface area (Å²) in [5, 5.41) is 13.6. The van der Waals surface area contributed by atoms with Gasteiger partial charge < -0.3 is 10.2 Å². The van der Waals surface area contributed by atoms with Gasteiger partial charge in [0, 0.05) is 44.9 Å². The summed E-state index contributed by atoms with van der Waals surface area (Å²) in [6.07, 6.45) is 1.33. The quantitative estimate of drug-likeness (QED) is 0.622. The first kappa shape index (κ1) is 19.1. The van der Waals surface area contributed by atoms with Gasteiger partial charge in [-0.3, -0.25) is 10.1 Å². The SMILES string of the molecule is CCCNC(=O)N1CCCN(S(=O)(=O)c2cccc([N+](=O)[O-])c2)CC1. The van der Waals surface area contributed by atoms with Gasteiger partial charge in [-0.15, -0.1) is 0 Å². The van der Waals surface area contributed by atoms with Crippen LogP contribution in [-0.2, 0) is 10.0 Å². The van der Waals surface area contributed by atoms with E-state index in [0.717, 1.165) is 12.5 Å². The van der Waals surface area contributed by atoms with E-state index in [2.05, 4.69) is 5.32 Å². The predicted molar refractivity (Wildman–Crippen MR) is 91.7 cm³/mol. The third-order valence-electron chi connectivity index (χ3n) is 3.93. The molecule has 2 amide bonds. The van der Waals surface area contributed by atoms with E-state index < -0.39 is 14.9 Å². The van der Waals surface area contributed by atoms with Crippen LogP contribution in [0.4, 0.5) is 10.5 Å². The minimum Gasteiger partial charge on any atom is -0.338 e. The summed E-state index contributed by atoms with van der Waals surface area (Å²) < 4.78 is 26.8. The number of sulfonamides is 1. The number of nitrogens with one attached hydrogen (secondary N) is 1. The summed E-state index contributed by atoms with van der Waals surface area (Å²) in [7, 11) is -3.84. The van der Waals surface area contributed by atoms with Gasteiger partial charge >= 0.3 is 6.03 Å². The Labute approximate surface area is 146 Å². The molecule has 9 nitrogen and oxygen atoms in total. The molecule has 0 aromatic heterocycles. The lowest BCUT2D eigenvalue weighted by atomic mass is 10.3. The Morgan fingerprint density at radius 1 is 1.28 bits per heavy atom. The summed E-state index contributed by atoms with van der Waals surface area (Å²) in [5.74, 6) is 0. The minimum absolute atomic E-state index is 0.106. The van der Waals surface area contributed by atoms with Gasteiger partial charge in [0.25, 0.3) is 5.69 Å². The monoisotopic (exact) mass is 370 g/mol. The molecule has 0 bridgehead atoms. The van der Waals surface area contributed by atoms with E-state index in [0.29, 0.717) is 19.5 Å². The Bertz CT molecular complexity index is 737. The fourth-order valence-electron chi connectivity index (χ4n) is 2.59. The molecule has 1 heterocycles. The predicted octanol–water partition coefficient (Wildman–Crippen LogP) is 1.41. The second kappa shape index (κ2) is 8.26. The molecule has 1 N–H and O–H groups in total. The van der Waals surface area contributed by atoms with Crippen molar-refractivity contribution in [1.82, 2.24) is 14.5 Å². The molecule has 1 aliphatic heterocycles. The molecule has 0 unspecified atom stereocenters. The topological polar surface area (TPSA) is 113 Å². The van der Waals surface area contributed by atoms with Crippen molar-refractivity contribution in [1.29, 1.82) is 0 Å². The van der Waals surface area contributed by atoms with Gasteiger partial charge in [0.1, 0.15) is 0 Å². The lowest BCUT2D eigenvalue weighted by molar-refractivity contribution is -0.385. The Balaban J connectivity index is 2.12. The molecular weight excluding hydrogens is 348 g/mol. The lowest BCUT2D eigenvalue weighted by Gasteiger charge is -2.22. The highest BCUT2D eigenvalue weighted by Crippen LogP contribution is 2.22. The summed E-state index contributed by atoms with van der Waals surface area (Å²) in [5.41, 5.74) is -0.267. The Morgan fingerprint density at radius 3 is 2.72 bits per heavy atom. The van der Waals surface area contributed by atoms with Crippen molar-refractivity contribution < 1.29 is 18.1 Å². The third-order valence-corrected chi connectivity index (χ3v) is 5.83. The molecule has 0 radical (unpaired) electrons. The van der Waals surface area contributed by atoms with Crippen LogP contribution in [0.25, 0.3) is 0 Å². The molecule has 138 valence electrons. The maximum atomic E-state index is 12.7. The smallest absolute Gasteiger partial charge is 0.317 e. The standard InChI is InChI=1S/C15H22N4O5S/c1-2-7-16-15(20)17-8-4-9-18(11-10-17)25(23,24)14-6-3-5-13(12-14)19(21)22/h3,5-6,12H,2,4,7-11H2,1H3,(H,16,20). The maximum absolute atomic E-state index is 12.7. The number of urea groups is 1. The fourth-order valence-corrected chi connectivity index (χ4v) is 4.10. The summed E-state index contributed by atoms with van der Waals surface area (Å²) >= 11 is 0. The maximum Gasteiger partial charge on any atom is 0.317 e. The van der Waals surface area contributed by atoms with Crippen molar-refractivity contribution in [3.8, 4) is 0 Å². The molecule has 10 heteroatoms. The van der Waals surface area contributed by atoms with Crippen LogP contribution in [-0.4, -0.2) is 61.3 Å². The van der Waals surface area contributed by atoms with Crippen LogP contribution in [0.5, 0.6) is 0 Å². The van der Waals surface area contributed by atoms with Gasteiger partial charge in [-0.2, -0.15) is 4.31 Å². The molecule has 1 aliphatic rings. The number of carbonyl (C=O) groups excluding carboxylic acids is 1. The van der Waals surface area contributed by atoms with E-state index in [4.69, 9.17) is 0 Å². The second-order valence-corrected chi connectivity index (χ2v) is 7.67. The average molecular weight is 370 g/mol. The Morgan fingerprint density at radius 2 is 2.04 bits per heavy atom. The van der Waals surface area contributed by atoms with Crippen LogP contribution in [0.15, 0.2) is 29.2 Å². The molecule has 1 aromatic carbocycles. The van der Waals surface area contributed by atoms with Crippen LogP contribution >= 0.6 is 0 Å². The van der Waals surface area contributed by atoms with E-state index in [-0.39, 0.29) is 36.2 Å². The van der Waals surface area contributed by atoms with Crippen LogP contribution in [0, 0.1) is 10.1 Å². The van der Waals surface area contributed by atoms with Crippen molar-refractivity contribution >= 4 is 21.7 Å². The molecule has 0 atom stereocenters. The van der Waals surface area contributed by atoms with Gasteiger partial charge in [-0.25, -0.2) is 13.2 Å². The number of nitrogens with zero attached hydrogens (tertiary/aromatic N) is 3. The van der Waals surface area contributed by atoms with Gasteiger partial charge in [-0.05, 0) is 18.9 Å². The highest BCUT2D eigenvalue weighted by atomic mass is 32.2. The van der Waals surface area contributed by atoms with Crippen molar-refractivity contribution in [2.75, 3.05) is 32.7 Å². The average Bonchev–Trinajstić information content (AvgIpc) is 2.86. The highest BCUT2D eigenvalue weighted by Gasteiger charge is 2.29. The first-order valence-corrected chi connectivity index (χ1v) is 9.57. The van der Waals surface area contributed by atoms with Crippen LogP contribution in [0.3, 0.4) is 0 Å². The number of non-ortho nitro benzene ring substituents is 1. The summed E-state index contributed by atoms with van der Waals surface area (Å²) in [6.45, 7) is 3.70. The van der Waals surface area contributed by atoms with E-state index in [9.17, 15) is 23.3 Å². The third kappa shape index (κ3) is 4.67.